The molecule has 5 rings (SSSR count). The van der Waals surface area contributed by atoms with E-state index in [1.54, 1.807) is 23.1 Å². The van der Waals surface area contributed by atoms with Crippen molar-refractivity contribution in [2.45, 2.75) is 49.6 Å². The van der Waals surface area contributed by atoms with Gasteiger partial charge < -0.3 is 10.3 Å². The molecular weight excluding hydrogens is 446 g/mol. The van der Waals surface area contributed by atoms with Gasteiger partial charge in [-0.1, -0.05) is 42.2 Å². The molecule has 0 amide bonds. The Hall–Kier alpha value is -2.23. The van der Waals surface area contributed by atoms with Crippen LogP contribution in [-0.4, -0.2) is 20.2 Å². The largest absolute Gasteiger partial charge is 0.330 e. The van der Waals surface area contributed by atoms with Crippen LogP contribution in [0.2, 0.25) is 0 Å². The van der Waals surface area contributed by atoms with Gasteiger partial charge >= 0.3 is 0 Å². The highest BCUT2D eigenvalue weighted by Gasteiger charge is 2.24. The van der Waals surface area contributed by atoms with Crippen molar-refractivity contribution in [3.8, 4) is 0 Å². The van der Waals surface area contributed by atoms with Crippen molar-refractivity contribution < 1.29 is 0 Å². The lowest BCUT2D eigenvalue weighted by Gasteiger charge is -2.17. The van der Waals surface area contributed by atoms with E-state index in [4.69, 9.17) is 4.98 Å². The summed E-state index contributed by atoms with van der Waals surface area (Å²) < 4.78 is 0.838. The molecule has 0 radical (unpaired) electrons. The second kappa shape index (κ2) is 8.37. The number of hydrogen-bond donors (Lipinski definition) is 2. The van der Waals surface area contributed by atoms with Crippen LogP contribution >= 0.6 is 34.4 Å². The number of nitrogens with zero attached hydrogens (tertiary/aromatic N) is 3. The zero-order valence-corrected chi connectivity index (χ0v) is 20.0. The van der Waals surface area contributed by atoms with Gasteiger partial charge in [-0.3, -0.25) is 4.79 Å². The molecule has 1 aromatic carbocycles. The lowest BCUT2D eigenvalue weighted by Crippen LogP contribution is -2.15. The Bertz CT molecular complexity index is 1310. The van der Waals surface area contributed by atoms with Gasteiger partial charge in [-0.15, -0.1) is 21.5 Å². The fraction of sp³-hybridized carbons (Fsp3) is 0.364. The molecule has 0 spiro atoms. The molecule has 160 valence electrons. The van der Waals surface area contributed by atoms with E-state index in [9.17, 15) is 4.79 Å². The van der Waals surface area contributed by atoms with E-state index in [0.717, 1.165) is 44.6 Å². The number of benzene rings is 1. The van der Waals surface area contributed by atoms with Gasteiger partial charge in [0.1, 0.15) is 10.7 Å². The summed E-state index contributed by atoms with van der Waals surface area (Å²) in [5, 5.41) is 13.4. The van der Waals surface area contributed by atoms with E-state index in [1.165, 1.54) is 27.3 Å². The monoisotopic (exact) mass is 469 g/mol. The maximum absolute atomic E-state index is 12.9. The first kappa shape index (κ1) is 20.7. The molecule has 0 unspecified atom stereocenters. The Morgan fingerprint density at radius 3 is 3.00 bits per heavy atom. The number of anilines is 2. The summed E-state index contributed by atoms with van der Waals surface area (Å²) in [6, 6.07) is 8.15. The molecule has 1 aliphatic carbocycles. The lowest BCUT2D eigenvalue weighted by molar-refractivity contribution is 0.509. The Morgan fingerprint density at radius 1 is 1.29 bits per heavy atom. The minimum absolute atomic E-state index is 0.0152. The van der Waals surface area contributed by atoms with E-state index >= 15 is 0 Å². The number of thiophene rings is 1. The van der Waals surface area contributed by atoms with E-state index in [1.807, 2.05) is 19.1 Å². The predicted octanol–water partition coefficient (Wildman–Crippen LogP) is 5.87. The number of aromatic nitrogens is 4. The van der Waals surface area contributed by atoms with Crippen LogP contribution in [0, 0.1) is 12.8 Å². The van der Waals surface area contributed by atoms with Gasteiger partial charge in [0, 0.05) is 10.6 Å². The second-order valence-corrected chi connectivity index (χ2v) is 11.8. The molecular formula is C22H23N5OS3. The van der Waals surface area contributed by atoms with Crippen LogP contribution in [0.25, 0.3) is 10.2 Å². The number of nitrogens with one attached hydrogen (secondary N) is 2. The highest BCUT2D eigenvalue weighted by molar-refractivity contribution is 8.01. The molecule has 0 fully saturated rings. The molecule has 2 atom stereocenters. The van der Waals surface area contributed by atoms with Gasteiger partial charge in [-0.25, -0.2) is 4.98 Å². The van der Waals surface area contributed by atoms with Gasteiger partial charge in [-0.05, 0) is 62.3 Å². The second-order valence-electron chi connectivity index (χ2n) is 8.11. The molecule has 0 aliphatic heterocycles. The minimum Gasteiger partial charge on any atom is -0.330 e. The molecule has 3 aromatic heterocycles. The first-order chi connectivity index (χ1) is 15.0. The maximum Gasteiger partial charge on any atom is 0.259 e. The number of rotatable bonds is 5. The fourth-order valence-corrected chi connectivity index (χ4v) is 7.28. The average molecular weight is 470 g/mol. The molecule has 2 N–H and O–H groups in total. The zero-order valence-electron chi connectivity index (χ0n) is 17.6. The molecule has 0 bridgehead atoms. The number of aromatic amines is 1. The normalized spacial score (nSPS) is 16.9. The van der Waals surface area contributed by atoms with Crippen LogP contribution < -0.4 is 10.9 Å². The summed E-state index contributed by atoms with van der Waals surface area (Å²) in [6.07, 6.45) is 3.17. The summed E-state index contributed by atoms with van der Waals surface area (Å²) in [4.78, 5) is 22.9. The van der Waals surface area contributed by atoms with Crippen molar-refractivity contribution in [1.29, 1.82) is 0 Å². The number of thioether (sulfide) groups is 1. The first-order valence-corrected chi connectivity index (χ1v) is 12.9. The number of fused-ring (bicyclic) bond motifs is 3. The summed E-state index contributed by atoms with van der Waals surface area (Å²) in [5.41, 5.74) is 3.38. The maximum atomic E-state index is 12.9. The van der Waals surface area contributed by atoms with Crippen LogP contribution in [0.4, 0.5) is 10.8 Å². The van der Waals surface area contributed by atoms with Gasteiger partial charge in [-0.2, -0.15) is 0 Å². The Kier molecular flexibility index (Phi) is 5.58. The first-order valence-electron chi connectivity index (χ1n) is 10.3. The van der Waals surface area contributed by atoms with Crippen molar-refractivity contribution in [3.63, 3.8) is 0 Å². The predicted molar refractivity (Wildman–Crippen MR) is 130 cm³/mol. The molecule has 9 heteroatoms. The smallest absolute Gasteiger partial charge is 0.259 e. The third-order valence-electron chi connectivity index (χ3n) is 5.52. The van der Waals surface area contributed by atoms with E-state index in [2.05, 4.69) is 46.5 Å². The quantitative estimate of drug-likeness (QED) is 0.356. The Balaban J connectivity index is 1.35. The van der Waals surface area contributed by atoms with Crippen molar-refractivity contribution in [3.05, 3.63) is 56.4 Å². The molecule has 3 heterocycles. The molecule has 31 heavy (non-hydrogen) atoms. The molecule has 4 aromatic rings. The summed E-state index contributed by atoms with van der Waals surface area (Å²) in [5.74, 6) is 1.37. The van der Waals surface area contributed by atoms with Crippen LogP contribution in [0.5, 0.6) is 0 Å². The molecule has 0 saturated heterocycles. The minimum atomic E-state index is -0.0325. The van der Waals surface area contributed by atoms with Crippen molar-refractivity contribution in [2.24, 2.45) is 5.92 Å². The van der Waals surface area contributed by atoms with Gasteiger partial charge in [0.25, 0.3) is 5.56 Å². The average Bonchev–Trinajstić information content (AvgIpc) is 3.31. The van der Waals surface area contributed by atoms with Crippen LogP contribution in [-0.2, 0) is 12.8 Å². The van der Waals surface area contributed by atoms with Gasteiger partial charge in [0.2, 0.25) is 5.13 Å². The topological polar surface area (TPSA) is 83.6 Å². The standard InChI is InChI=1S/C22H23N5OS3/c1-11-5-4-6-14(9-11)23-21-26-27-22(31-21)29-13(3)18-24-19(28)17-15-8-7-12(2)10-16(15)30-20(17)25-18/h4-6,9,12-13H,7-8,10H2,1-3H3,(H,23,26)(H,24,25,28)/t12-,13-/m1/s1. The lowest BCUT2D eigenvalue weighted by atomic mass is 9.89. The van der Waals surface area contributed by atoms with Crippen LogP contribution in [0.1, 0.15) is 47.3 Å². The van der Waals surface area contributed by atoms with Crippen LogP contribution in [0.15, 0.2) is 33.4 Å². The third-order valence-corrected chi connectivity index (χ3v) is 8.70. The summed E-state index contributed by atoms with van der Waals surface area (Å²) >= 11 is 4.75. The third kappa shape index (κ3) is 4.26. The fourth-order valence-electron chi connectivity index (χ4n) is 3.92. The van der Waals surface area contributed by atoms with E-state index in [0.29, 0.717) is 11.7 Å². The summed E-state index contributed by atoms with van der Waals surface area (Å²) in [7, 11) is 0. The highest BCUT2D eigenvalue weighted by atomic mass is 32.2. The van der Waals surface area contributed by atoms with E-state index < -0.39 is 0 Å². The zero-order chi connectivity index (χ0) is 21.5. The van der Waals surface area contributed by atoms with Crippen molar-refractivity contribution >= 4 is 55.5 Å². The number of hydrogen-bond acceptors (Lipinski definition) is 8. The van der Waals surface area contributed by atoms with E-state index in [-0.39, 0.29) is 10.8 Å². The van der Waals surface area contributed by atoms with Gasteiger partial charge in [0.15, 0.2) is 4.34 Å². The SMILES string of the molecule is Cc1cccc(Nc2nnc(S[C@H](C)c3nc4sc5c(c4c(=O)[nH]3)CC[C@@H](C)C5)s2)c1. The van der Waals surface area contributed by atoms with Crippen molar-refractivity contribution in [1.82, 2.24) is 20.2 Å². The van der Waals surface area contributed by atoms with Gasteiger partial charge in [0.05, 0.1) is 10.6 Å². The molecule has 0 saturated carbocycles. The highest BCUT2D eigenvalue weighted by Crippen LogP contribution is 2.39. The van der Waals surface area contributed by atoms with Crippen molar-refractivity contribution in [2.75, 3.05) is 5.32 Å². The van der Waals surface area contributed by atoms with Crippen LogP contribution in [0.3, 0.4) is 0 Å². The number of aryl methyl sites for hydroxylation is 2. The number of H-pyrrole nitrogens is 1. The Morgan fingerprint density at radius 2 is 2.16 bits per heavy atom. The molecule has 6 nitrogen and oxygen atoms in total. The molecule has 1 aliphatic rings. The summed E-state index contributed by atoms with van der Waals surface area (Å²) in [6.45, 7) is 6.38. The Labute approximate surface area is 192 Å².